The topological polar surface area (TPSA) is 104 Å². The molecular weight excluding hydrogens is 537 g/mol. The largest absolute Gasteiger partial charge is 0.326 e. The molecule has 1 N–H and O–H groups in total. The second-order valence-corrected chi connectivity index (χ2v) is 11.8. The van der Waals surface area contributed by atoms with Gasteiger partial charge in [0.15, 0.2) is 0 Å². The van der Waals surface area contributed by atoms with Crippen LogP contribution in [0.3, 0.4) is 0 Å². The van der Waals surface area contributed by atoms with Gasteiger partial charge in [0.05, 0.1) is 17.1 Å². The summed E-state index contributed by atoms with van der Waals surface area (Å²) in [5.74, 6) is -1.41. The first-order valence-electron chi connectivity index (χ1n) is 12.0. The van der Waals surface area contributed by atoms with E-state index in [9.17, 15) is 22.8 Å². The summed E-state index contributed by atoms with van der Waals surface area (Å²) in [5, 5.41) is 2.79. The fourth-order valence-electron chi connectivity index (χ4n) is 4.64. The van der Waals surface area contributed by atoms with Crippen LogP contribution in [0.25, 0.3) is 0 Å². The Labute approximate surface area is 226 Å². The van der Waals surface area contributed by atoms with E-state index in [-0.39, 0.29) is 33.8 Å². The summed E-state index contributed by atoms with van der Waals surface area (Å²) < 4.78 is 28.8. The van der Waals surface area contributed by atoms with Crippen LogP contribution in [0.5, 0.6) is 0 Å². The van der Waals surface area contributed by atoms with Crippen LogP contribution in [0.15, 0.2) is 59.0 Å². The third kappa shape index (κ3) is 6.06. The molecule has 196 valence electrons. The zero-order chi connectivity index (χ0) is 26.7. The molecule has 0 saturated carbocycles. The number of amides is 3. The second kappa shape index (κ2) is 11.3. The summed E-state index contributed by atoms with van der Waals surface area (Å²) >= 11 is 12.3. The number of anilines is 2. The maximum atomic E-state index is 13.8. The van der Waals surface area contributed by atoms with Crippen LogP contribution in [0.4, 0.5) is 11.4 Å². The Morgan fingerprint density at radius 2 is 1.84 bits per heavy atom. The Bertz CT molecular complexity index is 1360. The smallest absolute Gasteiger partial charge is 0.252 e. The van der Waals surface area contributed by atoms with Gasteiger partial charge in [-0.05, 0) is 74.6 Å². The van der Waals surface area contributed by atoms with Crippen LogP contribution in [-0.2, 0) is 24.4 Å². The highest BCUT2D eigenvalue weighted by molar-refractivity contribution is 7.89. The summed E-state index contributed by atoms with van der Waals surface area (Å²) in [6.45, 7) is 1.40. The van der Waals surface area contributed by atoms with Crippen molar-refractivity contribution in [3.05, 3.63) is 64.2 Å². The molecular formula is C26H27Cl2N3O5S. The van der Waals surface area contributed by atoms with E-state index in [1.807, 2.05) is 0 Å². The third-order valence-corrected chi connectivity index (χ3v) is 9.06. The third-order valence-electron chi connectivity index (χ3n) is 6.43. The van der Waals surface area contributed by atoms with Crippen LogP contribution in [0, 0.1) is 0 Å². The molecule has 0 bridgehead atoms. The number of nitrogens with zero attached hydrogens (tertiary/aromatic N) is 2. The predicted molar refractivity (Wildman–Crippen MR) is 143 cm³/mol. The lowest BCUT2D eigenvalue weighted by molar-refractivity contribution is -0.122. The van der Waals surface area contributed by atoms with E-state index in [4.69, 9.17) is 23.2 Å². The summed E-state index contributed by atoms with van der Waals surface area (Å²) in [6, 6.07) is 9.10. The van der Waals surface area contributed by atoms with Crippen LogP contribution >= 0.6 is 23.2 Å². The van der Waals surface area contributed by atoms with Crippen LogP contribution in [0.1, 0.15) is 45.4 Å². The highest BCUT2D eigenvalue weighted by Crippen LogP contribution is 2.34. The van der Waals surface area contributed by atoms with Crippen molar-refractivity contribution in [2.45, 2.75) is 56.4 Å². The van der Waals surface area contributed by atoms with Crippen molar-refractivity contribution in [3.63, 3.8) is 0 Å². The highest BCUT2D eigenvalue weighted by Gasteiger charge is 2.47. The number of imide groups is 1. The molecule has 0 radical (unpaired) electrons. The molecule has 1 aliphatic heterocycles. The minimum absolute atomic E-state index is 0.0199. The summed E-state index contributed by atoms with van der Waals surface area (Å²) in [6.07, 6.45) is 6.19. The van der Waals surface area contributed by atoms with Gasteiger partial charge in [0.25, 0.3) is 5.91 Å². The van der Waals surface area contributed by atoms with Crippen molar-refractivity contribution >= 4 is 62.3 Å². The van der Waals surface area contributed by atoms with Crippen LogP contribution in [0.2, 0.25) is 10.0 Å². The molecule has 2 aromatic rings. The monoisotopic (exact) mass is 563 g/mol. The van der Waals surface area contributed by atoms with Crippen molar-refractivity contribution in [2.24, 2.45) is 0 Å². The number of nitrogens with one attached hydrogen (secondary N) is 1. The lowest BCUT2D eigenvalue weighted by Crippen LogP contribution is -2.46. The molecule has 1 unspecified atom stereocenters. The van der Waals surface area contributed by atoms with Crippen LogP contribution < -0.4 is 10.2 Å². The van der Waals surface area contributed by atoms with Gasteiger partial charge in [0, 0.05) is 24.2 Å². The SMILES string of the molecule is CC(=O)Nc1ccc(N2C(=O)CC(N(CCC3=CCCCC3)S(=O)(=O)c3cc(Cl)ccc3Cl)C2=O)cc1. The summed E-state index contributed by atoms with van der Waals surface area (Å²) in [7, 11) is -4.28. The average Bonchev–Trinajstić information content (AvgIpc) is 3.14. The summed E-state index contributed by atoms with van der Waals surface area (Å²) in [4.78, 5) is 38.6. The number of rotatable bonds is 8. The predicted octanol–water partition coefficient (Wildman–Crippen LogP) is 5.17. The van der Waals surface area contributed by atoms with Crippen molar-refractivity contribution in [1.29, 1.82) is 0 Å². The van der Waals surface area contributed by atoms with Crippen LogP contribution in [-0.4, -0.2) is 43.0 Å². The number of hydrogen-bond donors (Lipinski definition) is 1. The second-order valence-electron chi connectivity index (χ2n) is 9.06. The minimum Gasteiger partial charge on any atom is -0.326 e. The van der Waals surface area contributed by atoms with Gasteiger partial charge >= 0.3 is 0 Å². The molecule has 37 heavy (non-hydrogen) atoms. The fraction of sp³-hybridized carbons (Fsp3) is 0.346. The molecule has 2 aliphatic rings. The van der Waals surface area contributed by atoms with E-state index in [1.54, 1.807) is 12.1 Å². The quantitative estimate of drug-likeness (QED) is 0.352. The Morgan fingerprint density at radius 3 is 2.49 bits per heavy atom. The molecule has 1 saturated heterocycles. The lowest BCUT2D eigenvalue weighted by atomic mass is 9.97. The van der Waals surface area contributed by atoms with Gasteiger partial charge in [-0.15, -0.1) is 0 Å². The molecule has 3 amide bonds. The van der Waals surface area contributed by atoms with E-state index in [0.29, 0.717) is 17.8 Å². The maximum absolute atomic E-state index is 13.8. The van der Waals surface area contributed by atoms with Gasteiger partial charge in [0.2, 0.25) is 21.8 Å². The first kappa shape index (κ1) is 27.3. The molecule has 0 spiro atoms. The first-order valence-corrected chi connectivity index (χ1v) is 14.2. The maximum Gasteiger partial charge on any atom is 0.252 e. The first-order chi connectivity index (χ1) is 17.6. The van der Waals surface area contributed by atoms with Gasteiger partial charge < -0.3 is 5.32 Å². The van der Waals surface area contributed by atoms with Crippen molar-refractivity contribution < 1.29 is 22.8 Å². The molecule has 11 heteroatoms. The van der Waals surface area contributed by atoms with E-state index >= 15 is 0 Å². The molecule has 1 atom stereocenters. The lowest BCUT2D eigenvalue weighted by Gasteiger charge is -2.28. The van der Waals surface area contributed by atoms with Crippen molar-refractivity contribution in [3.8, 4) is 0 Å². The Hall–Kier alpha value is -2.72. The fourth-order valence-corrected chi connectivity index (χ4v) is 6.96. The zero-order valence-corrected chi connectivity index (χ0v) is 22.6. The average molecular weight is 564 g/mol. The minimum atomic E-state index is -4.28. The number of sulfonamides is 1. The van der Waals surface area contributed by atoms with Gasteiger partial charge in [-0.25, -0.2) is 13.3 Å². The molecule has 0 aromatic heterocycles. The van der Waals surface area contributed by atoms with E-state index < -0.39 is 27.9 Å². The zero-order valence-electron chi connectivity index (χ0n) is 20.2. The number of halogens is 2. The van der Waals surface area contributed by atoms with E-state index in [0.717, 1.165) is 40.5 Å². The Balaban J connectivity index is 1.67. The van der Waals surface area contributed by atoms with E-state index in [2.05, 4.69) is 11.4 Å². The summed E-state index contributed by atoms with van der Waals surface area (Å²) in [5.41, 5.74) is 1.93. The normalized spacial score (nSPS) is 18.3. The Morgan fingerprint density at radius 1 is 1.11 bits per heavy atom. The standard InChI is InChI=1S/C26H27Cl2N3O5S/c1-17(32)29-20-8-10-21(11-9-20)31-25(33)16-23(26(31)34)30(14-13-18-5-3-2-4-6-18)37(35,36)24-15-19(27)7-12-22(24)28/h5,7-12,15,23H,2-4,6,13-14,16H2,1H3,(H,29,32). The van der Waals surface area contributed by atoms with Gasteiger partial charge in [-0.1, -0.05) is 34.9 Å². The van der Waals surface area contributed by atoms with E-state index in [1.165, 1.54) is 37.3 Å². The van der Waals surface area contributed by atoms with Crippen molar-refractivity contribution in [1.82, 2.24) is 4.31 Å². The van der Waals surface area contributed by atoms with Gasteiger partial charge in [-0.3, -0.25) is 14.4 Å². The number of benzene rings is 2. The molecule has 1 heterocycles. The number of allylic oxidation sites excluding steroid dienone is 1. The molecule has 4 rings (SSSR count). The van der Waals surface area contributed by atoms with Gasteiger partial charge in [-0.2, -0.15) is 4.31 Å². The highest BCUT2D eigenvalue weighted by atomic mass is 35.5. The van der Waals surface area contributed by atoms with Gasteiger partial charge in [0.1, 0.15) is 10.9 Å². The molecule has 8 nitrogen and oxygen atoms in total. The molecule has 2 aromatic carbocycles. The number of hydrogen-bond acceptors (Lipinski definition) is 5. The van der Waals surface area contributed by atoms with Crippen molar-refractivity contribution in [2.75, 3.05) is 16.8 Å². The number of carbonyl (C=O) groups is 3. The molecule has 1 fully saturated rings. The number of carbonyl (C=O) groups excluding carboxylic acids is 3. The molecule has 1 aliphatic carbocycles. The Kier molecular flexibility index (Phi) is 8.38.